The van der Waals surface area contributed by atoms with Crippen LogP contribution in [0.15, 0.2) is 0 Å². The van der Waals surface area contributed by atoms with Crippen molar-refractivity contribution in [1.29, 1.82) is 0 Å². The van der Waals surface area contributed by atoms with Crippen molar-refractivity contribution < 1.29 is 5.11 Å². The fourth-order valence-electron chi connectivity index (χ4n) is 0.933. The highest BCUT2D eigenvalue weighted by molar-refractivity contribution is 4.65. The van der Waals surface area contributed by atoms with Crippen LogP contribution in [0, 0.1) is 5.41 Å². The van der Waals surface area contributed by atoms with Gasteiger partial charge in [-0.1, -0.05) is 40.0 Å². The standard InChI is InChI=1S/C9H20O/c1-4-5-6-7-9(2,3)8-10/h10H,4-8H2,1-3H3. The summed E-state index contributed by atoms with van der Waals surface area (Å²) in [6.07, 6.45) is 4.96. The Hall–Kier alpha value is -0.0400. The summed E-state index contributed by atoms with van der Waals surface area (Å²) < 4.78 is 0. The first-order valence-electron chi connectivity index (χ1n) is 4.23. The van der Waals surface area contributed by atoms with E-state index in [9.17, 15) is 0 Å². The van der Waals surface area contributed by atoms with Crippen LogP contribution in [-0.2, 0) is 0 Å². The maximum absolute atomic E-state index is 8.89. The molecule has 0 aromatic carbocycles. The summed E-state index contributed by atoms with van der Waals surface area (Å²) in [7, 11) is 0. The Balaban J connectivity index is 3.28. The van der Waals surface area contributed by atoms with Gasteiger partial charge in [0.25, 0.3) is 0 Å². The van der Waals surface area contributed by atoms with Crippen molar-refractivity contribution in [2.75, 3.05) is 6.61 Å². The van der Waals surface area contributed by atoms with E-state index in [4.69, 9.17) is 5.11 Å². The summed E-state index contributed by atoms with van der Waals surface area (Å²) in [5, 5.41) is 8.89. The van der Waals surface area contributed by atoms with Gasteiger partial charge in [-0.25, -0.2) is 0 Å². The van der Waals surface area contributed by atoms with Gasteiger partial charge in [-0.2, -0.15) is 0 Å². The first-order valence-corrected chi connectivity index (χ1v) is 4.23. The zero-order valence-electron chi connectivity index (χ0n) is 7.48. The Labute approximate surface area is 64.5 Å². The average molecular weight is 144 g/mol. The van der Waals surface area contributed by atoms with Crippen LogP contribution >= 0.6 is 0 Å². The molecule has 10 heavy (non-hydrogen) atoms. The number of unbranched alkanes of at least 4 members (excludes halogenated alkanes) is 2. The van der Waals surface area contributed by atoms with Crippen LogP contribution in [0.3, 0.4) is 0 Å². The largest absolute Gasteiger partial charge is 0.396 e. The third-order valence-electron chi connectivity index (χ3n) is 1.89. The minimum atomic E-state index is 0.148. The Morgan fingerprint density at radius 2 is 1.80 bits per heavy atom. The fourth-order valence-corrected chi connectivity index (χ4v) is 0.933. The van der Waals surface area contributed by atoms with Crippen molar-refractivity contribution in [2.24, 2.45) is 5.41 Å². The molecule has 0 aliphatic heterocycles. The third kappa shape index (κ3) is 4.80. The highest BCUT2D eigenvalue weighted by atomic mass is 16.3. The van der Waals surface area contributed by atoms with Crippen LogP contribution in [-0.4, -0.2) is 11.7 Å². The minimum absolute atomic E-state index is 0.148. The number of aliphatic hydroxyl groups is 1. The second kappa shape index (κ2) is 4.73. The minimum Gasteiger partial charge on any atom is -0.396 e. The van der Waals surface area contributed by atoms with Crippen molar-refractivity contribution in [3.05, 3.63) is 0 Å². The van der Waals surface area contributed by atoms with Crippen LogP contribution in [0.4, 0.5) is 0 Å². The maximum Gasteiger partial charge on any atom is 0.0482 e. The van der Waals surface area contributed by atoms with E-state index in [1.807, 2.05) is 0 Å². The molecular weight excluding hydrogens is 124 g/mol. The molecule has 1 N–H and O–H groups in total. The molecular formula is C9H20O. The highest BCUT2D eigenvalue weighted by Crippen LogP contribution is 2.22. The van der Waals surface area contributed by atoms with Gasteiger partial charge in [0, 0.05) is 6.61 Å². The van der Waals surface area contributed by atoms with Gasteiger partial charge < -0.3 is 5.11 Å². The van der Waals surface area contributed by atoms with Crippen LogP contribution in [0.5, 0.6) is 0 Å². The topological polar surface area (TPSA) is 20.2 Å². The molecule has 0 spiro atoms. The Morgan fingerprint density at radius 1 is 1.20 bits per heavy atom. The summed E-state index contributed by atoms with van der Waals surface area (Å²) >= 11 is 0. The van der Waals surface area contributed by atoms with E-state index in [2.05, 4.69) is 20.8 Å². The van der Waals surface area contributed by atoms with Crippen molar-refractivity contribution >= 4 is 0 Å². The van der Waals surface area contributed by atoms with E-state index < -0.39 is 0 Å². The van der Waals surface area contributed by atoms with E-state index >= 15 is 0 Å². The molecule has 62 valence electrons. The van der Waals surface area contributed by atoms with Crippen molar-refractivity contribution in [1.82, 2.24) is 0 Å². The maximum atomic E-state index is 8.89. The number of rotatable bonds is 5. The fraction of sp³-hybridized carbons (Fsp3) is 1.00. The number of hydrogen-bond donors (Lipinski definition) is 1. The van der Waals surface area contributed by atoms with Gasteiger partial charge in [0.1, 0.15) is 0 Å². The van der Waals surface area contributed by atoms with E-state index in [-0.39, 0.29) is 5.41 Å². The summed E-state index contributed by atoms with van der Waals surface area (Å²) in [5.74, 6) is 0. The van der Waals surface area contributed by atoms with Crippen molar-refractivity contribution in [3.63, 3.8) is 0 Å². The van der Waals surface area contributed by atoms with Crippen LogP contribution in [0.1, 0.15) is 46.5 Å². The predicted molar refractivity (Wildman–Crippen MR) is 45.0 cm³/mol. The number of aliphatic hydroxyl groups excluding tert-OH is 1. The molecule has 0 aliphatic carbocycles. The van der Waals surface area contributed by atoms with E-state index in [1.165, 1.54) is 19.3 Å². The lowest BCUT2D eigenvalue weighted by molar-refractivity contribution is 0.147. The van der Waals surface area contributed by atoms with Crippen molar-refractivity contribution in [2.45, 2.75) is 46.5 Å². The lowest BCUT2D eigenvalue weighted by atomic mass is 9.88. The molecule has 0 saturated carbocycles. The van der Waals surface area contributed by atoms with Crippen LogP contribution in [0.25, 0.3) is 0 Å². The zero-order chi connectivity index (χ0) is 8.04. The lowest BCUT2D eigenvalue weighted by Crippen LogP contribution is -2.15. The average Bonchev–Trinajstić information content (AvgIpc) is 1.89. The molecule has 0 radical (unpaired) electrons. The molecule has 0 rings (SSSR count). The molecule has 1 heteroatoms. The molecule has 0 amide bonds. The quantitative estimate of drug-likeness (QED) is 0.588. The molecule has 0 atom stereocenters. The molecule has 0 aromatic heterocycles. The van der Waals surface area contributed by atoms with Crippen LogP contribution in [0.2, 0.25) is 0 Å². The van der Waals surface area contributed by atoms with E-state index in [0.717, 1.165) is 6.42 Å². The van der Waals surface area contributed by atoms with Gasteiger partial charge in [0.2, 0.25) is 0 Å². The lowest BCUT2D eigenvalue weighted by Gasteiger charge is -2.20. The Kier molecular flexibility index (Phi) is 4.71. The molecule has 0 bridgehead atoms. The first kappa shape index (κ1) is 9.96. The van der Waals surface area contributed by atoms with Gasteiger partial charge in [-0.3, -0.25) is 0 Å². The second-order valence-electron chi connectivity index (χ2n) is 3.78. The number of hydrogen-bond acceptors (Lipinski definition) is 1. The van der Waals surface area contributed by atoms with Crippen molar-refractivity contribution in [3.8, 4) is 0 Å². The molecule has 0 heterocycles. The first-order chi connectivity index (χ1) is 4.62. The van der Waals surface area contributed by atoms with Gasteiger partial charge in [0.15, 0.2) is 0 Å². The summed E-state index contributed by atoms with van der Waals surface area (Å²) in [5.41, 5.74) is 0.148. The summed E-state index contributed by atoms with van der Waals surface area (Å²) in [6.45, 7) is 6.74. The zero-order valence-corrected chi connectivity index (χ0v) is 7.48. The van der Waals surface area contributed by atoms with Gasteiger partial charge >= 0.3 is 0 Å². The Bertz CT molecular complexity index is 76.8. The third-order valence-corrected chi connectivity index (χ3v) is 1.89. The monoisotopic (exact) mass is 144 g/mol. The normalized spacial score (nSPS) is 12.0. The molecule has 0 fully saturated rings. The molecule has 0 unspecified atom stereocenters. The molecule has 1 nitrogen and oxygen atoms in total. The molecule has 0 saturated heterocycles. The predicted octanol–water partition coefficient (Wildman–Crippen LogP) is 2.59. The van der Waals surface area contributed by atoms with E-state index in [1.54, 1.807) is 0 Å². The van der Waals surface area contributed by atoms with Gasteiger partial charge in [-0.15, -0.1) is 0 Å². The smallest absolute Gasteiger partial charge is 0.0482 e. The van der Waals surface area contributed by atoms with Gasteiger partial charge in [-0.05, 0) is 11.8 Å². The second-order valence-corrected chi connectivity index (χ2v) is 3.78. The van der Waals surface area contributed by atoms with Crippen LogP contribution < -0.4 is 0 Å². The summed E-state index contributed by atoms with van der Waals surface area (Å²) in [6, 6.07) is 0. The molecule has 0 aromatic rings. The van der Waals surface area contributed by atoms with Gasteiger partial charge in [0.05, 0.1) is 0 Å². The molecule has 0 aliphatic rings. The summed E-state index contributed by atoms with van der Waals surface area (Å²) in [4.78, 5) is 0. The SMILES string of the molecule is CCCCCC(C)(C)CO. The van der Waals surface area contributed by atoms with E-state index in [0.29, 0.717) is 6.61 Å². The Morgan fingerprint density at radius 3 is 2.20 bits per heavy atom. The highest BCUT2D eigenvalue weighted by Gasteiger charge is 2.14.